The zero-order valence-electron chi connectivity index (χ0n) is 15.9. The summed E-state index contributed by atoms with van der Waals surface area (Å²) < 4.78 is 15.5. The third-order valence-corrected chi connectivity index (χ3v) is 3.91. The molecule has 0 saturated heterocycles. The van der Waals surface area contributed by atoms with Crippen LogP contribution < -0.4 is 9.47 Å². The van der Waals surface area contributed by atoms with Crippen molar-refractivity contribution in [3.05, 3.63) is 63.7 Å². The largest absolute Gasteiger partial charge is 0.493 e. The van der Waals surface area contributed by atoms with Crippen molar-refractivity contribution in [1.82, 2.24) is 4.90 Å². The number of nitro groups is 1. The quantitative estimate of drug-likeness (QED) is 0.407. The number of benzene rings is 2. The molecule has 0 aliphatic rings. The molecule has 2 aromatic rings. The molecule has 0 aliphatic carbocycles. The number of nitro benzene ring substituents is 1. The number of carbonyl (C=O) groups is 2. The molecule has 0 heterocycles. The first-order chi connectivity index (χ1) is 13.3. The summed E-state index contributed by atoms with van der Waals surface area (Å²) in [7, 11) is 5.69. The lowest BCUT2D eigenvalue weighted by Crippen LogP contribution is -2.31. The van der Waals surface area contributed by atoms with Gasteiger partial charge < -0.3 is 19.1 Å². The van der Waals surface area contributed by atoms with Gasteiger partial charge in [0, 0.05) is 25.7 Å². The lowest BCUT2D eigenvalue weighted by Gasteiger charge is -2.21. The minimum absolute atomic E-state index is 0.0923. The van der Waals surface area contributed by atoms with Crippen molar-refractivity contribution in [1.29, 1.82) is 0 Å². The molecule has 0 radical (unpaired) electrons. The van der Waals surface area contributed by atoms with Crippen molar-refractivity contribution >= 4 is 17.6 Å². The van der Waals surface area contributed by atoms with Gasteiger partial charge in [-0.3, -0.25) is 14.9 Å². The van der Waals surface area contributed by atoms with Crippen molar-refractivity contribution in [2.24, 2.45) is 0 Å². The molecule has 2 aromatic carbocycles. The van der Waals surface area contributed by atoms with E-state index in [-0.39, 0.29) is 17.1 Å². The van der Waals surface area contributed by atoms with E-state index in [4.69, 9.17) is 14.2 Å². The van der Waals surface area contributed by atoms with Crippen LogP contribution in [-0.2, 0) is 9.53 Å². The summed E-state index contributed by atoms with van der Waals surface area (Å²) in [5.74, 6) is -1.30. The van der Waals surface area contributed by atoms with Gasteiger partial charge in [0.25, 0.3) is 11.6 Å². The third kappa shape index (κ3) is 4.37. The number of nitrogens with zero attached hydrogens (tertiary/aromatic N) is 2. The molecule has 9 heteroatoms. The Kier molecular flexibility index (Phi) is 6.54. The van der Waals surface area contributed by atoms with Gasteiger partial charge in [0.15, 0.2) is 11.5 Å². The third-order valence-electron chi connectivity index (χ3n) is 3.91. The Morgan fingerprint density at radius 3 is 2.11 bits per heavy atom. The van der Waals surface area contributed by atoms with Gasteiger partial charge in [-0.25, -0.2) is 4.79 Å². The Labute approximate surface area is 161 Å². The van der Waals surface area contributed by atoms with Gasteiger partial charge >= 0.3 is 5.97 Å². The Morgan fingerprint density at radius 1 is 1.04 bits per heavy atom. The normalized spacial score (nSPS) is 11.3. The van der Waals surface area contributed by atoms with Crippen LogP contribution in [0.2, 0.25) is 0 Å². The van der Waals surface area contributed by atoms with Crippen molar-refractivity contribution < 1.29 is 28.7 Å². The fourth-order valence-corrected chi connectivity index (χ4v) is 2.48. The SMILES string of the molecule is COc1cc(C(=O)O[C@@H](C(=O)N(C)C)c2ccccc2)c([N+](=O)[O-])cc1OC. The highest BCUT2D eigenvalue weighted by molar-refractivity contribution is 5.97. The van der Waals surface area contributed by atoms with E-state index in [9.17, 15) is 19.7 Å². The molecule has 0 N–H and O–H groups in total. The molecule has 1 amide bonds. The van der Waals surface area contributed by atoms with E-state index in [2.05, 4.69) is 0 Å². The van der Waals surface area contributed by atoms with Crippen LogP contribution in [-0.4, -0.2) is 50.0 Å². The van der Waals surface area contributed by atoms with Crippen molar-refractivity contribution in [2.45, 2.75) is 6.10 Å². The number of methoxy groups -OCH3 is 2. The highest BCUT2D eigenvalue weighted by Gasteiger charge is 2.31. The average Bonchev–Trinajstić information content (AvgIpc) is 2.70. The predicted molar refractivity (Wildman–Crippen MR) is 99.5 cm³/mol. The molecule has 28 heavy (non-hydrogen) atoms. The first-order valence-corrected chi connectivity index (χ1v) is 8.17. The van der Waals surface area contributed by atoms with E-state index in [1.54, 1.807) is 30.3 Å². The van der Waals surface area contributed by atoms with E-state index in [0.717, 1.165) is 12.1 Å². The highest BCUT2D eigenvalue weighted by Crippen LogP contribution is 2.35. The monoisotopic (exact) mass is 388 g/mol. The molecule has 1 atom stereocenters. The van der Waals surface area contributed by atoms with Gasteiger partial charge in [0.05, 0.1) is 25.2 Å². The Balaban J connectivity index is 2.48. The molecule has 0 unspecified atom stereocenters. The Morgan fingerprint density at radius 2 is 1.61 bits per heavy atom. The molecule has 2 rings (SSSR count). The zero-order valence-corrected chi connectivity index (χ0v) is 15.9. The number of ether oxygens (including phenoxy) is 3. The van der Waals surface area contributed by atoms with Gasteiger partial charge in [0.2, 0.25) is 6.10 Å². The summed E-state index contributed by atoms with van der Waals surface area (Å²) in [4.78, 5) is 37.2. The second-order valence-electron chi connectivity index (χ2n) is 5.91. The maximum Gasteiger partial charge on any atom is 0.346 e. The molecular weight excluding hydrogens is 368 g/mol. The molecule has 0 fully saturated rings. The maximum absolute atomic E-state index is 12.8. The van der Waals surface area contributed by atoms with E-state index in [1.165, 1.54) is 33.2 Å². The van der Waals surface area contributed by atoms with Crippen LogP contribution in [0.25, 0.3) is 0 Å². The van der Waals surface area contributed by atoms with Gasteiger partial charge in [-0.15, -0.1) is 0 Å². The minimum atomic E-state index is -1.25. The van der Waals surface area contributed by atoms with Crippen molar-refractivity contribution in [3.63, 3.8) is 0 Å². The summed E-state index contributed by atoms with van der Waals surface area (Å²) in [5.41, 5.74) is -0.431. The maximum atomic E-state index is 12.8. The van der Waals surface area contributed by atoms with Crippen LogP contribution in [0.15, 0.2) is 42.5 Å². The topological polar surface area (TPSA) is 108 Å². The summed E-state index contributed by atoms with van der Waals surface area (Å²) in [6, 6.07) is 10.6. The summed E-state index contributed by atoms with van der Waals surface area (Å²) in [6.07, 6.45) is -1.25. The lowest BCUT2D eigenvalue weighted by atomic mass is 10.1. The standard InChI is InChI=1S/C19H20N2O7/c1-20(2)18(22)17(12-8-6-5-7-9-12)28-19(23)13-10-15(26-3)16(27-4)11-14(13)21(24)25/h5-11,17H,1-4H3/t17-/m1/s1. The molecule has 0 saturated carbocycles. The van der Waals surface area contributed by atoms with Crippen LogP contribution in [0.1, 0.15) is 22.0 Å². The first-order valence-electron chi connectivity index (χ1n) is 8.17. The molecule has 0 aliphatic heterocycles. The van der Waals surface area contributed by atoms with E-state index in [0.29, 0.717) is 5.56 Å². The molecule has 0 spiro atoms. The lowest BCUT2D eigenvalue weighted by molar-refractivity contribution is -0.385. The van der Waals surface area contributed by atoms with E-state index < -0.39 is 28.6 Å². The molecule has 0 aromatic heterocycles. The highest BCUT2D eigenvalue weighted by atomic mass is 16.6. The van der Waals surface area contributed by atoms with Crippen LogP contribution in [0, 0.1) is 10.1 Å². The average molecular weight is 388 g/mol. The summed E-state index contributed by atoms with van der Waals surface area (Å²) in [5, 5.41) is 11.4. The van der Waals surface area contributed by atoms with Crippen molar-refractivity contribution in [3.8, 4) is 11.5 Å². The Bertz CT molecular complexity index is 881. The summed E-state index contributed by atoms with van der Waals surface area (Å²) >= 11 is 0. The second-order valence-corrected chi connectivity index (χ2v) is 5.91. The minimum Gasteiger partial charge on any atom is -0.493 e. The van der Waals surface area contributed by atoms with E-state index in [1.807, 2.05) is 0 Å². The molecular formula is C19H20N2O7. The molecule has 9 nitrogen and oxygen atoms in total. The molecule has 0 bridgehead atoms. The summed E-state index contributed by atoms with van der Waals surface area (Å²) in [6.45, 7) is 0. The van der Waals surface area contributed by atoms with Gasteiger partial charge in [-0.05, 0) is 0 Å². The predicted octanol–water partition coefficient (Wildman–Crippen LogP) is 2.60. The zero-order chi connectivity index (χ0) is 20.8. The molecule has 148 valence electrons. The fourth-order valence-electron chi connectivity index (χ4n) is 2.48. The van der Waals surface area contributed by atoms with E-state index >= 15 is 0 Å². The van der Waals surface area contributed by atoms with Crippen molar-refractivity contribution in [2.75, 3.05) is 28.3 Å². The smallest absolute Gasteiger partial charge is 0.346 e. The Hall–Kier alpha value is -3.62. The number of esters is 1. The second kappa shape index (κ2) is 8.85. The van der Waals surface area contributed by atoms with Gasteiger partial charge in [-0.1, -0.05) is 30.3 Å². The fraction of sp³-hybridized carbons (Fsp3) is 0.263. The van der Waals surface area contributed by atoms with Crippen LogP contribution in [0.5, 0.6) is 11.5 Å². The first kappa shape index (κ1) is 20.7. The number of rotatable bonds is 7. The van der Waals surface area contributed by atoms with Crippen LogP contribution in [0.3, 0.4) is 0 Å². The van der Waals surface area contributed by atoms with Gasteiger partial charge in [-0.2, -0.15) is 0 Å². The van der Waals surface area contributed by atoms with Gasteiger partial charge in [0.1, 0.15) is 5.56 Å². The number of hydrogen-bond donors (Lipinski definition) is 0. The number of carbonyl (C=O) groups excluding carboxylic acids is 2. The van der Waals surface area contributed by atoms with Crippen LogP contribution >= 0.6 is 0 Å². The van der Waals surface area contributed by atoms with Crippen LogP contribution in [0.4, 0.5) is 5.69 Å². The number of likely N-dealkylation sites (N-methyl/N-ethyl adjacent to an activating group) is 1. The number of hydrogen-bond acceptors (Lipinski definition) is 7. The number of amides is 1.